The van der Waals surface area contributed by atoms with Crippen LogP contribution in [0.4, 0.5) is 0 Å². The van der Waals surface area contributed by atoms with Gasteiger partial charge in [0.15, 0.2) is 0 Å². The number of carbonyl (C=O) groups excluding carboxylic acids is 2. The molecule has 1 heterocycles. The van der Waals surface area contributed by atoms with Gasteiger partial charge in [0, 0.05) is 38.7 Å². The Kier molecular flexibility index (Phi) is 4.80. The van der Waals surface area contributed by atoms with Gasteiger partial charge in [0.1, 0.15) is 0 Å². The van der Waals surface area contributed by atoms with Gasteiger partial charge in [0.05, 0.1) is 5.56 Å². The third-order valence-electron chi connectivity index (χ3n) is 4.17. The number of aromatic carboxylic acids is 1. The molecule has 0 aromatic heterocycles. The molecule has 0 unspecified atom stereocenters. The van der Waals surface area contributed by atoms with E-state index in [2.05, 4.69) is 0 Å². The SMILES string of the molecule is CC(=O)N(C)C1CCN(C(=O)c2ccc(C(=O)O)cc2)CC1. The van der Waals surface area contributed by atoms with Gasteiger partial charge in [-0.3, -0.25) is 9.59 Å². The number of carboxylic acid groups (broad SMARTS) is 1. The molecule has 1 N–H and O–H groups in total. The summed E-state index contributed by atoms with van der Waals surface area (Å²) in [7, 11) is 1.79. The molecule has 118 valence electrons. The first-order valence-corrected chi connectivity index (χ1v) is 7.26. The summed E-state index contributed by atoms with van der Waals surface area (Å²) in [6.45, 7) is 2.74. The molecule has 1 aliphatic rings. The van der Waals surface area contributed by atoms with E-state index in [4.69, 9.17) is 5.11 Å². The van der Waals surface area contributed by atoms with Crippen LogP contribution in [0.3, 0.4) is 0 Å². The second-order valence-electron chi connectivity index (χ2n) is 5.54. The number of likely N-dealkylation sites (tertiary alicyclic amines) is 1. The average molecular weight is 304 g/mol. The van der Waals surface area contributed by atoms with Gasteiger partial charge in [-0.05, 0) is 37.1 Å². The van der Waals surface area contributed by atoms with E-state index in [-0.39, 0.29) is 23.4 Å². The van der Waals surface area contributed by atoms with Crippen LogP contribution in [0.5, 0.6) is 0 Å². The smallest absolute Gasteiger partial charge is 0.335 e. The highest BCUT2D eigenvalue weighted by Gasteiger charge is 2.26. The number of carboxylic acids is 1. The zero-order chi connectivity index (χ0) is 16.3. The molecule has 0 saturated carbocycles. The number of benzene rings is 1. The van der Waals surface area contributed by atoms with Gasteiger partial charge in [0.2, 0.25) is 5.91 Å². The lowest BCUT2D eigenvalue weighted by atomic mass is 10.0. The Morgan fingerprint density at radius 3 is 2.05 bits per heavy atom. The molecule has 1 aliphatic heterocycles. The number of hydrogen-bond acceptors (Lipinski definition) is 3. The van der Waals surface area contributed by atoms with E-state index in [1.807, 2.05) is 0 Å². The van der Waals surface area contributed by atoms with Crippen molar-refractivity contribution in [2.75, 3.05) is 20.1 Å². The summed E-state index contributed by atoms with van der Waals surface area (Å²) in [5.41, 5.74) is 0.654. The Balaban J connectivity index is 1.97. The van der Waals surface area contributed by atoms with Crippen LogP contribution in [0.15, 0.2) is 24.3 Å². The van der Waals surface area contributed by atoms with Crippen molar-refractivity contribution in [2.24, 2.45) is 0 Å². The Morgan fingerprint density at radius 1 is 1.09 bits per heavy atom. The molecule has 2 amide bonds. The van der Waals surface area contributed by atoms with E-state index in [0.29, 0.717) is 18.7 Å². The number of rotatable bonds is 3. The minimum atomic E-state index is -1.01. The lowest BCUT2D eigenvalue weighted by molar-refractivity contribution is -0.130. The second-order valence-corrected chi connectivity index (χ2v) is 5.54. The minimum absolute atomic E-state index is 0.0361. The van der Waals surface area contributed by atoms with Gasteiger partial charge in [-0.25, -0.2) is 4.79 Å². The lowest BCUT2D eigenvalue weighted by Crippen LogP contribution is -2.46. The standard InChI is InChI=1S/C16H20N2O4/c1-11(19)17(2)14-7-9-18(10-8-14)15(20)12-3-5-13(6-4-12)16(21)22/h3-6,14H,7-10H2,1-2H3,(H,21,22). The highest BCUT2D eigenvalue weighted by Crippen LogP contribution is 2.18. The van der Waals surface area contributed by atoms with Crippen LogP contribution in [0.25, 0.3) is 0 Å². The number of hydrogen-bond donors (Lipinski definition) is 1. The normalized spacial score (nSPS) is 15.5. The summed E-state index contributed by atoms with van der Waals surface area (Å²) in [5.74, 6) is -1.07. The summed E-state index contributed by atoms with van der Waals surface area (Å²) in [6.07, 6.45) is 1.52. The maximum Gasteiger partial charge on any atom is 0.335 e. The van der Waals surface area contributed by atoms with E-state index in [1.165, 1.54) is 12.1 Å². The van der Waals surface area contributed by atoms with Crippen LogP contribution in [0.1, 0.15) is 40.5 Å². The Labute approximate surface area is 129 Å². The molecular weight excluding hydrogens is 284 g/mol. The van der Waals surface area contributed by atoms with E-state index in [9.17, 15) is 14.4 Å². The Morgan fingerprint density at radius 2 is 1.59 bits per heavy atom. The van der Waals surface area contributed by atoms with Crippen LogP contribution in [-0.2, 0) is 4.79 Å². The number of amides is 2. The zero-order valence-corrected chi connectivity index (χ0v) is 12.8. The van der Waals surface area contributed by atoms with Crippen molar-refractivity contribution in [1.29, 1.82) is 0 Å². The van der Waals surface area contributed by atoms with Gasteiger partial charge in [-0.1, -0.05) is 0 Å². The highest BCUT2D eigenvalue weighted by molar-refractivity contribution is 5.96. The van der Waals surface area contributed by atoms with Crippen molar-refractivity contribution in [3.8, 4) is 0 Å². The summed E-state index contributed by atoms with van der Waals surface area (Å²) >= 11 is 0. The molecule has 1 aromatic carbocycles. The van der Waals surface area contributed by atoms with Gasteiger partial charge >= 0.3 is 5.97 Å². The van der Waals surface area contributed by atoms with Gasteiger partial charge in [0.25, 0.3) is 5.91 Å². The van der Waals surface area contributed by atoms with E-state index < -0.39 is 5.97 Å². The fourth-order valence-electron chi connectivity index (χ4n) is 2.65. The first kappa shape index (κ1) is 16.0. The quantitative estimate of drug-likeness (QED) is 0.917. The Hall–Kier alpha value is -2.37. The molecule has 0 spiro atoms. The predicted octanol–water partition coefficient (Wildman–Crippen LogP) is 1.47. The number of piperidine rings is 1. The maximum atomic E-state index is 12.4. The van der Waals surface area contributed by atoms with E-state index in [0.717, 1.165) is 12.8 Å². The van der Waals surface area contributed by atoms with E-state index in [1.54, 1.807) is 35.9 Å². The molecular formula is C16H20N2O4. The van der Waals surface area contributed by atoms with Crippen molar-refractivity contribution >= 4 is 17.8 Å². The van der Waals surface area contributed by atoms with Crippen molar-refractivity contribution in [3.63, 3.8) is 0 Å². The molecule has 0 bridgehead atoms. The van der Waals surface area contributed by atoms with Crippen molar-refractivity contribution in [1.82, 2.24) is 9.80 Å². The minimum Gasteiger partial charge on any atom is -0.478 e. The lowest BCUT2D eigenvalue weighted by Gasteiger charge is -2.36. The summed E-state index contributed by atoms with van der Waals surface area (Å²) in [4.78, 5) is 38.0. The second kappa shape index (κ2) is 6.60. The zero-order valence-electron chi connectivity index (χ0n) is 12.8. The molecule has 2 rings (SSSR count). The van der Waals surface area contributed by atoms with Crippen molar-refractivity contribution in [3.05, 3.63) is 35.4 Å². The predicted molar refractivity (Wildman–Crippen MR) is 80.8 cm³/mol. The van der Waals surface area contributed by atoms with Crippen molar-refractivity contribution in [2.45, 2.75) is 25.8 Å². The molecule has 1 aromatic rings. The van der Waals surface area contributed by atoms with Crippen LogP contribution in [0, 0.1) is 0 Å². The van der Waals surface area contributed by atoms with Gasteiger partial charge in [-0.2, -0.15) is 0 Å². The monoisotopic (exact) mass is 304 g/mol. The Bertz CT molecular complexity index is 574. The van der Waals surface area contributed by atoms with Crippen LogP contribution < -0.4 is 0 Å². The average Bonchev–Trinajstić information content (AvgIpc) is 2.53. The molecule has 0 atom stereocenters. The van der Waals surface area contributed by atoms with Crippen LogP contribution in [-0.4, -0.2) is 58.9 Å². The summed E-state index contributed by atoms with van der Waals surface area (Å²) in [5, 5.41) is 8.86. The molecule has 0 radical (unpaired) electrons. The highest BCUT2D eigenvalue weighted by atomic mass is 16.4. The first-order chi connectivity index (χ1) is 10.4. The van der Waals surface area contributed by atoms with Crippen LogP contribution >= 0.6 is 0 Å². The third kappa shape index (κ3) is 3.44. The first-order valence-electron chi connectivity index (χ1n) is 7.26. The fraction of sp³-hybridized carbons (Fsp3) is 0.438. The maximum absolute atomic E-state index is 12.4. The number of carbonyl (C=O) groups is 3. The summed E-state index contributed by atoms with van der Waals surface area (Å²) < 4.78 is 0. The molecule has 6 nitrogen and oxygen atoms in total. The topological polar surface area (TPSA) is 77.9 Å². The molecule has 6 heteroatoms. The molecule has 1 fully saturated rings. The van der Waals surface area contributed by atoms with Crippen molar-refractivity contribution < 1.29 is 19.5 Å². The van der Waals surface area contributed by atoms with Crippen LogP contribution in [0.2, 0.25) is 0 Å². The van der Waals surface area contributed by atoms with Gasteiger partial charge in [-0.15, -0.1) is 0 Å². The number of nitrogens with zero attached hydrogens (tertiary/aromatic N) is 2. The molecule has 1 saturated heterocycles. The molecule has 22 heavy (non-hydrogen) atoms. The third-order valence-corrected chi connectivity index (χ3v) is 4.17. The largest absolute Gasteiger partial charge is 0.478 e. The van der Waals surface area contributed by atoms with E-state index >= 15 is 0 Å². The molecule has 0 aliphatic carbocycles. The fourth-order valence-corrected chi connectivity index (χ4v) is 2.65. The van der Waals surface area contributed by atoms with Gasteiger partial charge < -0.3 is 14.9 Å². The summed E-state index contributed by atoms with van der Waals surface area (Å²) in [6, 6.07) is 6.13.